The Morgan fingerprint density at radius 2 is 0.540 bits per heavy atom. The van der Waals surface area contributed by atoms with E-state index in [9.17, 15) is 25.2 Å². The molecule has 0 heterocycles. The molecule has 0 aromatic carbocycles. The predicted octanol–water partition coefficient (Wildman–Crippen LogP) is 16.7. The predicted molar refractivity (Wildman–Crippen MR) is 275 cm³/mol. The zero-order chi connectivity index (χ0) is 45.9. The summed E-state index contributed by atoms with van der Waals surface area (Å²) in [5, 5.41) is 44.0. The standard InChI is InChI=1S/C57H115NO5/c1-3-5-7-9-11-13-15-17-19-21-23-25-26-27-28-29-30-31-33-34-36-38-40-42-44-46-48-50-54(60)56(62)53(52-59)58-57(63)55(61)51-49-47-45-43-41-39-37-35-32-24-22-20-18-16-14-12-10-8-6-4-2/h53-56,59-62H,3-52H2,1-2H3,(H,58,63). The number of hydrogen-bond donors (Lipinski definition) is 5. The first-order chi connectivity index (χ1) is 31.0. The van der Waals surface area contributed by atoms with Crippen molar-refractivity contribution in [3.8, 4) is 0 Å². The van der Waals surface area contributed by atoms with Gasteiger partial charge in [0.15, 0.2) is 0 Å². The lowest BCUT2D eigenvalue weighted by Gasteiger charge is -2.27. The van der Waals surface area contributed by atoms with Crippen LogP contribution in [0.2, 0.25) is 0 Å². The molecule has 0 fully saturated rings. The Morgan fingerprint density at radius 1 is 0.333 bits per heavy atom. The van der Waals surface area contributed by atoms with E-state index in [1.807, 2.05) is 0 Å². The van der Waals surface area contributed by atoms with E-state index in [2.05, 4.69) is 19.2 Å². The summed E-state index contributed by atoms with van der Waals surface area (Å²) in [6.45, 7) is 4.10. The Kier molecular flexibility index (Phi) is 51.7. The third-order valence-electron chi connectivity index (χ3n) is 14.1. The lowest BCUT2D eigenvalue weighted by atomic mass is 9.99. The van der Waals surface area contributed by atoms with Crippen molar-refractivity contribution in [2.45, 2.75) is 353 Å². The fourth-order valence-corrected chi connectivity index (χ4v) is 9.53. The number of hydrogen-bond acceptors (Lipinski definition) is 5. The quantitative estimate of drug-likeness (QED) is 0.0391. The maximum absolute atomic E-state index is 12.6. The third kappa shape index (κ3) is 46.2. The zero-order valence-corrected chi connectivity index (χ0v) is 42.9. The van der Waals surface area contributed by atoms with E-state index >= 15 is 0 Å². The fraction of sp³-hybridized carbons (Fsp3) is 0.982. The van der Waals surface area contributed by atoms with Crippen LogP contribution in [-0.4, -0.2) is 57.3 Å². The summed E-state index contributed by atoms with van der Waals surface area (Å²) in [5.74, 6) is -0.575. The lowest BCUT2D eigenvalue weighted by Crippen LogP contribution is -2.53. The normalized spacial score (nSPS) is 13.7. The third-order valence-corrected chi connectivity index (χ3v) is 14.1. The molecule has 1 amide bonds. The van der Waals surface area contributed by atoms with Crippen molar-refractivity contribution in [2.24, 2.45) is 0 Å². The fourth-order valence-electron chi connectivity index (χ4n) is 9.53. The molecule has 0 aliphatic carbocycles. The Balaban J connectivity index is 3.57. The molecular formula is C57H115NO5. The molecule has 0 bridgehead atoms. The van der Waals surface area contributed by atoms with Crippen molar-refractivity contribution in [1.29, 1.82) is 0 Å². The highest BCUT2D eigenvalue weighted by molar-refractivity contribution is 5.80. The molecule has 5 N–H and O–H groups in total. The highest BCUT2D eigenvalue weighted by Gasteiger charge is 2.28. The molecule has 63 heavy (non-hydrogen) atoms. The van der Waals surface area contributed by atoms with Crippen LogP contribution in [-0.2, 0) is 4.79 Å². The van der Waals surface area contributed by atoms with Crippen LogP contribution in [0.1, 0.15) is 328 Å². The second kappa shape index (κ2) is 52.3. The van der Waals surface area contributed by atoms with Crippen molar-refractivity contribution in [3.63, 3.8) is 0 Å². The van der Waals surface area contributed by atoms with Gasteiger partial charge in [0.2, 0.25) is 5.91 Å². The van der Waals surface area contributed by atoms with Crippen LogP contribution in [0.25, 0.3) is 0 Å². The van der Waals surface area contributed by atoms with Gasteiger partial charge in [-0.05, 0) is 12.8 Å². The van der Waals surface area contributed by atoms with Gasteiger partial charge in [-0.2, -0.15) is 0 Å². The molecule has 378 valence electrons. The first kappa shape index (κ1) is 62.3. The van der Waals surface area contributed by atoms with Gasteiger partial charge in [0, 0.05) is 0 Å². The van der Waals surface area contributed by atoms with Gasteiger partial charge in [-0.3, -0.25) is 4.79 Å². The summed E-state index contributed by atoms with van der Waals surface area (Å²) < 4.78 is 0. The number of aliphatic hydroxyl groups is 4. The van der Waals surface area contributed by atoms with Crippen LogP contribution < -0.4 is 5.32 Å². The largest absolute Gasteiger partial charge is 0.394 e. The smallest absolute Gasteiger partial charge is 0.249 e. The first-order valence-electron chi connectivity index (χ1n) is 28.9. The highest BCUT2D eigenvalue weighted by Crippen LogP contribution is 2.19. The zero-order valence-electron chi connectivity index (χ0n) is 42.9. The van der Waals surface area contributed by atoms with Crippen molar-refractivity contribution in [1.82, 2.24) is 5.32 Å². The summed E-state index contributed by atoms with van der Waals surface area (Å²) in [6.07, 6.45) is 60.3. The summed E-state index contributed by atoms with van der Waals surface area (Å²) >= 11 is 0. The van der Waals surface area contributed by atoms with Crippen LogP contribution in [0.15, 0.2) is 0 Å². The summed E-state index contributed by atoms with van der Waals surface area (Å²) in [5.41, 5.74) is 0. The second-order valence-corrected chi connectivity index (χ2v) is 20.4. The van der Waals surface area contributed by atoms with Crippen LogP contribution in [0.5, 0.6) is 0 Å². The average molecular weight is 895 g/mol. The number of nitrogens with one attached hydrogen (secondary N) is 1. The number of carbonyl (C=O) groups excluding carboxylic acids is 1. The highest BCUT2D eigenvalue weighted by atomic mass is 16.3. The van der Waals surface area contributed by atoms with Crippen molar-refractivity contribution in [3.05, 3.63) is 0 Å². The number of carbonyl (C=O) groups is 1. The lowest BCUT2D eigenvalue weighted by molar-refractivity contribution is -0.132. The van der Waals surface area contributed by atoms with Gasteiger partial charge in [-0.25, -0.2) is 0 Å². The Hall–Kier alpha value is -0.690. The van der Waals surface area contributed by atoms with Crippen LogP contribution in [0.4, 0.5) is 0 Å². The summed E-state index contributed by atoms with van der Waals surface area (Å²) in [4.78, 5) is 12.6. The van der Waals surface area contributed by atoms with Crippen molar-refractivity contribution >= 4 is 5.91 Å². The summed E-state index contributed by atoms with van der Waals surface area (Å²) in [6, 6.07) is -0.981. The van der Waals surface area contributed by atoms with Crippen molar-refractivity contribution < 1.29 is 25.2 Å². The molecule has 0 aliphatic heterocycles. The number of rotatable bonds is 54. The van der Waals surface area contributed by atoms with Gasteiger partial charge < -0.3 is 25.7 Å². The molecule has 0 rings (SSSR count). The molecule has 0 aromatic rings. The number of unbranched alkanes of at least 4 members (excludes halogenated alkanes) is 45. The minimum atomic E-state index is -1.25. The molecule has 0 saturated heterocycles. The SMILES string of the molecule is CCCCCCCCCCCCCCCCCCCCCCCCCCCCCC(O)C(O)C(CO)NC(=O)C(O)CCCCCCCCCCCCCCCCCCCCCC. The molecule has 6 nitrogen and oxygen atoms in total. The maximum atomic E-state index is 12.6. The molecule has 0 aromatic heterocycles. The van der Waals surface area contributed by atoms with Crippen LogP contribution >= 0.6 is 0 Å². The molecule has 4 atom stereocenters. The van der Waals surface area contributed by atoms with Gasteiger partial charge in [0.1, 0.15) is 12.2 Å². The van der Waals surface area contributed by atoms with Crippen molar-refractivity contribution in [2.75, 3.05) is 6.61 Å². The molecule has 0 aliphatic rings. The van der Waals surface area contributed by atoms with E-state index < -0.39 is 36.9 Å². The van der Waals surface area contributed by atoms with E-state index in [1.165, 1.54) is 263 Å². The van der Waals surface area contributed by atoms with E-state index in [0.29, 0.717) is 12.8 Å². The number of aliphatic hydroxyl groups excluding tert-OH is 4. The van der Waals surface area contributed by atoms with E-state index in [4.69, 9.17) is 0 Å². The maximum Gasteiger partial charge on any atom is 0.249 e. The average Bonchev–Trinajstić information content (AvgIpc) is 3.29. The molecule has 6 heteroatoms. The molecule has 0 radical (unpaired) electrons. The van der Waals surface area contributed by atoms with Gasteiger partial charge >= 0.3 is 0 Å². The van der Waals surface area contributed by atoms with Crippen LogP contribution in [0, 0.1) is 0 Å². The molecule has 4 unspecified atom stereocenters. The second-order valence-electron chi connectivity index (χ2n) is 20.4. The van der Waals surface area contributed by atoms with Gasteiger partial charge in [0.05, 0.1) is 18.8 Å². The Labute approximate surface area is 394 Å². The monoisotopic (exact) mass is 894 g/mol. The van der Waals surface area contributed by atoms with Crippen LogP contribution in [0.3, 0.4) is 0 Å². The number of amides is 1. The topological polar surface area (TPSA) is 110 Å². The van der Waals surface area contributed by atoms with Gasteiger partial charge in [0.25, 0.3) is 0 Å². The van der Waals surface area contributed by atoms with E-state index in [0.717, 1.165) is 38.5 Å². The Bertz CT molecular complexity index is 871. The van der Waals surface area contributed by atoms with E-state index in [1.54, 1.807) is 0 Å². The minimum absolute atomic E-state index is 0.376. The van der Waals surface area contributed by atoms with E-state index in [-0.39, 0.29) is 0 Å². The van der Waals surface area contributed by atoms with Gasteiger partial charge in [-0.15, -0.1) is 0 Å². The summed E-state index contributed by atoms with van der Waals surface area (Å²) in [7, 11) is 0. The Morgan fingerprint density at radius 3 is 0.762 bits per heavy atom. The molecule has 0 saturated carbocycles. The molecule has 0 spiro atoms. The molecular weight excluding hydrogens is 779 g/mol. The minimum Gasteiger partial charge on any atom is -0.394 e. The first-order valence-corrected chi connectivity index (χ1v) is 28.9. The van der Waals surface area contributed by atoms with Gasteiger partial charge in [-0.1, -0.05) is 316 Å².